The van der Waals surface area contributed by atoms with Crippen LogP contribution in [0, 0.1) is 25.2 Å². The zero-order valence-corrected chi connectivity index (χ0v) is 18.6. The highest BCUT2D eigenvalue weighted by Crippen LogP contribution is 2.24. The zero-order chi connectivity index (χ0) is 22.4. The molecule has 3 aromatic rings. The Balaban J connectivity index is 1.74. The molecule has 0 heterocycles. The molecular weight excluding hydrogens is 431 g/mol. The van der Waals surface area contributed by atoms with Crippen LogP contribution < -0.4 is 10.1 Å². The molecule has 0 unspecified atom stereocenters. The number of amides is 1. The fourth-order valence-electron chi connectivity index (χ4n) is 2.87. The molecule has 3 aromatic carbocycles. The van der Waals surface area contributed by atoms with Gasteiger partial charge in [-0.25, -0.2) is 0 Å². The molecule has 0 radical (unpaired) electrons. The van der Waals surface area contributed by atoms with E-state index in [-0.39, 0.29) is 12.2 Å². The van der Waals surface area contributed by atoms with Crippen LogP contribution >= 0.6 is 23.2 Å². The van der Waals surface area contributed by atoms with Crippen molar-refractivity contribution < 1.29 is 9.53 Å². The van der Waals surface area contributed by atoms with Crippen LogP contribution in [-0.4, -0.2) is 5.91 Å². The van der Waals surface area contributed by atoms with Crippen LogP contribution in [0.25, 0.3) is 6.08 Å². The van der Waals surface area contributed by atoms with Crippen molar-refractivity contribution in [3.63, 3.8) is 0 Å². The van der Waals surface area contributed by atoms with Crippen molar-refractivity contribution in [1.82, 2.24) is 0 Å². The molecule has 0 aliphatic carbocycles. The van der Waals surface area contributed by atoms with Gasteiger partial charge in [0.1, 0.15) is 24.0 Å². The lowest BCUT2D eigenvalue weighted by Crippen LogP contribution is -2.14. The van der Waals surface area contributed by atoms with Crippen LogP contribution in [-0.2, 0) is 11.4 Å². The predicted octanol–water partition coefficient (Wildman–Crippen LogP) is 6.73. The Bertz CT molecular complexity index is 1200. The number of halogens is 2. The normalized spacial score (nSPS) is 11.0. The van der Waals surface area contributed by atoms with Crippen LogP contribution in [0.1, 0.15) is 22.3 Å². The maximum absolute atomic E-state index is 12.6. The molecule has 0 fully saturated rings. The summed E-state index contributed by atoms with van der Waals surface area (Å²) in [6, 6.07) is 20.1. The Hall–Kier alpha value is -3.26. The number of benzene rings is 3. The minimum Gasteiger partial charge on any atom is -0.489 e. The minimum absolute atomic E-state index is 0.00111. The molecule has 0 spiro atoms. The maximum atomic E-state index is 12.6. The quantitative estimate of drug-likeness (QED) is 0.334. The van der Waals surface area contributed by atoms with Gasteiger partial charge in [0, 0.05) is 21.3 Å². The minimum atomic E-state index is -0.463. The number of anilines is 1. The largest absolute Gasteiger partial charge is 0.489 e. The summed E-state index contributed by atoms with van der Waals surface area (Å²) in [6.45, 7) is 4.11. The lowest BCUT2D eigenvalue weighted by Gasteiger charge is -2.10. The van der Waals surface area contributed by atoms with Crippen LogP contribution in [0.4, 0.5) is 5.69 Å². The number of rotatable bonds is 6. The van der Waals surface area contributed by atoms with Crippen LogP contribution in [0.2, 0.25) is 10.0 Å². The summed E-state index contributed by atoms with van der Waals surface area (Å²) >= 11 is 12.1. The summed E-state index contributed by atoms with van der Waals surface area (Å²) < 4.78 is 5.81. The van der Waals surface area contributed by atoms with Crippen LogP contribution in [0.5, 0.6) is 5.75 Å². The monoisotopic (exact) mass is 450 g/mol. The van der Waals surface area contributed by atoms with Gasteiger partial charge in [0.05, 0.1) is 0 Å². The van der Waals surface area contributed by atoms with Gasteiger partial charge in [-0.2, -0.15) is 5.26 Å². The third-order valence-electron chi connectivity index (χ3n) is 4.58. The van der Waals surface area contributed by atoms with Crippen LogP contribution in [0.15, 0.2) is 66.2 Å². The number of hydrogen-bond acceptors (Lipinski definition) is 3. The smallest absolute Gasteiger partial charge is 0.266 e. The Morgan fingerprint density at radius 1 is 1.10 bits per heavy atom. The number of nitrogens with one attached hydrogen (secondary N) is 1. The van der Waals surface area contributed by atoms with Crippen molar-refractivity contribution in [3.05, 3.63) is 98.5 Å². The van der Waals surface area contributed by atoms with E-state index in [9.17, 15) is 10.1 Å². The van der Waals surface area contributed by atoms with Crippen molar-refractivity contribution in [2.75, 3.05) is 5.32 Å². The lowest BCUT2D eigenvalue weighted by molar-refractivity contribution is -0.112. The number of carbonyl (C=O) groups excluding carboxylic acids is 1. The van der Waals surface area contributed by atoms with Crippen molar-refractivity contribution in [1.29, 1.82) is 5.26 Å². The summed E-state index contributed by atoms with van der Waals surface area (Å²) in [6.07, 6.45) is 1.53. The molecule has 1 amide bonds. The van der Waals surface area contributed by atoms with E-state index in [1.807, 2.05) is 38.1 Å². The SMILES string of the molecule is Cc1ccc(C)c(NC(=O)/C(C#N)=C\c2cccc(OCc3ccc(Cl)cc3Cl)c2)c1. The summed E-state index contributed by atoms with van der Waals surface area (Å²) in [5.41, 5.74) is 4.10. The third kappa shape index (κ3) is 6.11. The number of aryl methyl sites for hydroxylation is 2. The predicted molar refractivity (Wildman–Crippen MR) is 125 cm³/mol. The van der Waals surface area contributed by atoms with Gasteiger partial charge in [0.2, 0.25) is 0 Å². The highest BCUT2D eigenvalue weighted by atomic mass is 35.5. The molecule has 6 heteroatoms. The van der Waals surface area contributed by atoms with Crippen molar-refractivity contribution in [2.45, 2.75) is 20.5 Å². The molecule has 3 rings (SSSR count). The van der Waals surface area contributed by atoms with Gasteiger partial charge in [-0.05, 0) is 66.9 Å². The topological polar surface area (TPSA) is 62.1 Å². The zero-order valence-electron chi connectivity index (χ0n) is 17.1. The Morgan fingerprint density at radius 3 is 2.65 bits per heavy atom. The Morgan fingerprint density at radius 2 is 1.90 bits per heavy atom. The molecule has 0 bridgehead atoms. The number of carbonyl (C=O) groups is 1. The molecular formula is C25H20Cl2N2O2. The second kappa shape index (κ2) is 10.2. The number of nitrogens with zero attached hydrogens (tertiary/aromatic N) is 1. The second-order valence-electron chi connectivity index (χ2n) is 7.04. The van der Waals surface area contributed by atoms with Gasteiger partial charge in [-0.15, -0.1) is 0 Å². The Kier molecular flexibility index (Phi) is 7.36. The van der Waals surface area contributed by atoms with Gasteiger partial charge < -0.3 is 10.1 Å². The molecule has 0 aliphatic rings. The summed E-state index contributed by atoms with van der Waals surface area (Å²) in [5.74, 6) is 0.127. The van der Waals surface area contributed by atoms with E-state index in [4.69, 9.17) is 27.9 Å². The Labute approximate surface area is 191 Å². The lowest BCUT2D eigenvalue weighted by atomic mass is 10.1. The molecule has 1 N–H and O–H groups in total. The van der Waals surface area contributed by atoms with E-state index >= 15 is 0 Å². The van der Waals surface area contributed by atoms with Crippen molar-refractivity contribution >= 4 is 40.9 Å². The second-order valence-corrected chi connectivity index (χ2v) is 7.88. The average Bonchev–Trinajstić information content (AvgIpc) is 2.74. The molecule has 4 nitrogen and oxygen atoms in total. The third-order valence-corrected chi connectivity index (χ3v) is 5.17. The van der Waals surface area contributed by atoms with Gasteiger partial charge in [0.25, 0.3) is 5.91 Å². The molecule has 0 aromatic heterocycles. The standard InChI is InChI=1S/C25H20Cl2N2O2/c1-16-6-7-17(2)24(10-16)29-25(30)20(14-28)11-18-4-3-5-22(12-18)31-15-19-8-9-21(26)13-23(19)27/h3-13H,15H2,1-2H3,(H,29,30)/b20-11-. The van der Waals surface area contributed by atoms with Crippen molar-refractivity contribution in [3.8, 4) is 11.8 Å². The maximum Gasteiger partial charge on any atom is 0.266 e. The fraction of sp³-hybridized carbons (Fsp3) is 0.120. The summed E-state index contributed by atoms with van der Waals surface area (Å²) in [7, 11) is 0. The first kappa shape index (κ1) is 22.4. The molecule has 156 valence electrons. The van der Waals surface area contributed by atoms with Gasteiger partial charge in [-0.3, -0.25) is 4.79 Å². The van der Waals surface area contributed by atoms with Crippen LogP contribution in [0.3, 0.4) is 0 Å². The molecule has 31 heavy (non-hydrogen) atoms. The number of nitriles is 1. The summed E-state index contributed by atoms with van der Waals surface area (Å²) in [4.78, 5) is 12.6. The molecule has 0 saturated carbocycles. The van der Waals surface area contributed by atoms with E-state index in [0.29, 0.717) is 27.0 Å². The fourth-order valence-corrected chi connectivity index (χ4v) is 3.33. The first-order chi connectivity index (χ1) is 14.9. The first-order valence-corrected chi connectivity index (χ1v) is 10.3. The van der Waals surface area contributed by atoms with E-state index < -0.39 is 5.91 Å². The number of hydrogen-bond donors (Lipinski definition) is 1. The average molecular weight is 451 g/mol. The summed E-state index contributed by atoms with van der Waals surface area (Å²) in [5, 5.41) is 13.4. The van der Waals surface area contributed by atoms with Gasteiger partial charge in [-0.1, -0.05) is 53.5 Å². The van der Waals surface area contributed by atoms with E-state index in [1.165, 1.54) is 6.08 Å². The highest BCUT2D eigenvalue weighted by molar-refractivity contribution is 6.35. The van der Waals surface area contributed by atoms with Gasteiger partial charge >= 0.3 is 0 Å². The number of ether oxygens (including phenoxy) is 1. The van der Waals surface area contributed by atoms with Crippen molar-refractivity contribution in [2.24, 2.45) is 0 Å². The van der Waals surface area contributed by atoms with E-state index in [2.05, 4.69) is 5.32 Å². The highest BCUT2D eigenvalue weighted by Gasteiger charge is 2.11. The first-order valence-electron chi connectivity index (χ1n) is 9.53. The molecule has 0 aliphatic heterocycles. The van der Waals surface area contributed by atoms with E-state index in [1.54, 1.807) is 42.5 Å². The molecule has 0 saturated heterocycles. The van der Waals surface area contributed by atoms with Gasteiger partial charge in [0.15, 0.2) is 0 Å². The van der Waals surface area contributed by atoms with E-state index in [0.717, 1.165) is 16.7 Å². The molecule has 0 atom stereocenters.